The number of piperidine rings is 1. The van der Waals surface area contributed by atoms with E-state index in [0.717, 1.165) is 25.0 Å². The van der Waals surface area contributed by atoms with Gasteiger partial charge in [0.2, 0.25) is 0 Å². The Balaban J connectivity index is 1.71. The summed E-state index contributed by atoms with van der Waals surface area (Å²) in [6, 6.07) is 3.41. The summed E-state index contributed by atoms with van der Waals surface area (Å²) in [5.41, 5.74) is 0.146. The van der Waals surface area contributed by atoms with E-state index in [0.29, 0.717) is 12.8 Å². The van der Waals surface area contributed by atoms with Gasteiger partial charge >= 0.3 is 11.8 Å². The van der Waals surface area contributed by atoms with Crippen molar-refractivity contribution in [2.75, 3.05) is 5.32 Å². The zero-order chi connectivity index (χ0) is 15.9. The number of amides is 2. The third-order valence-corrected chi connectivity index (χ3v) is 4.48. The molecule has 2 bridgehead atoms. The second kappa shape index (κ2) is 5.85. The maximum absolute atomic E-state index is 13.3. The van der Waals surface area contributed by atoms with Crippen LogP contribution in [0.25, 0.3) is 0 Å². The Hall–Kier alpha value is -1.66. The molecule has 118 valence electrons. The van der Waals surface area contributed by atoms with Crippen LogP contribution in [-0.4, -0.2) is 40.0 Å². The summed E-state index contributed by atoms with van der Waals surface area (Å²) in [6.07, 6.45) is 2.19. The molecule has 0 aromatic heterocycles. The summed E-state index contributed by atoms with van der Waals surface area (Å²) in [5, 5.41) is 12.3. The van der Waals surface area contributed by atoms with E-state index in [2.05, 4.69) is 5.32 Å². The van der Waals surface area contributed by atoms with Gasteiger partial charge in [-0.15, -0.1) is 0 Å². The number of halogens is 2. The Bertz CT molecular complexity index is 591. The maximum Gasteiger partial charge on any atom is 0.313 e. The van der Waals surface area contributed by atoms with Crippen molar-refractivity contribution in [3.05, 3.63) is 29.0 Å². The van der Waals surface area contributed by atoms with Gasteiger partial charge in [0.15, 0.2) is 0 Å². The number of benzene rings is 1. The van der Waals surface area contributed by atoms with E-state index >= 15 is 0 Å². The molecule has 2 fully saturated rings. The second-order valence-corrected chi connectivity index (χ2v) is 6.27. The number of aliphatic hydroxyl groups is 1. The number of hydrogen-bond acceptors (Lipinski definition) is 3. The average molecular weight is 327 g/mol. The first-order chi connectivity index (χ1) is 10.4. The SMILES string of the molecule is O=C(Nc1cc(F)cc(Cl)c1)C(=O)N1C2CCC1CC(O)C2. The number of nitrogens with zero attached hydrogens (tertiary/aromatic N) is 1. The predicted molar refractivity (Wildman–Crippen MR) is 78.9 cm³/mol. The van der Waals surface area contributed by atoms with Crippen LogP contribution in [0.1, 0.15) is 25.7 Å². The maximum atomic E-state index is 13.3. The molecule has 2 amide bonds. The monoisotopic (exact) mass is 326 g/mol. The van der Waals surface area contributed by atoms with E-state index in [1.54, 1.807) is 4.90 Å². The van der Waals surface area contributed by atoms with Gasteiger partial charge in [-0.3, -0.25) is 9.59 Å². The van der Waals surface area contributed by atoms with Gasteiger partial charge in [-0.05, 0) is 43.9 Å². The Morgan fingerprint density at radius 1 is 1.23 bits per heavy atom. The van der Waals surface area contributed by atoms with E-state index < -0.39 is 23.7 Å². The van der Waals surface area contributed by atoms with Gasteiger partial charge in [-0.25, -0.2) is 4.39 Å². The third kappa shape index (κ3) is 2.94. The molecule has 0 radical (unpaired) electrons. The van der Waals surface area contributed by atoms with Crippen molar-refractivity contribution in [3.63, 3.8) is 0 Å². The molecule has 2 aliphatic rings. The van der Waals surface area contributed by atoms with Crippen LogP contribution in [0.4, 0.5) is 10.1 Å². The molecule has 2 unspecified atom stereocenters. The molecule has 2 atom stereocenters. The number of rotatable bonds is 1. The highest BCUT2D eigenvalue weighted by Crippen LogP contribution is 2.35. The molecule has 2 N–H and O–H groups in total. The van der Waals surface area contributed by atoms with Gasteiger partial charge in [-0.2, -0.15) is 0 Å². The predicted octanol–water partition coefficient (Wildman–Crippen LogP) is 1.93. The van der Waals surface area contributed by atoms with E-state index in [4.69, 9.17) is 11.6 Å². The molecule has 1 aromatic carbocycles. The van der Waals surface area contributed by atoms with Crippen LogP contribution in [0.2, 0.25) is 5.02 Å². The molecule has 1 aromatic rings. The molecular formula is C15H16ClFN2O3. The summed E-state index contributed by atoms with van der Waals surface area (Å²) in [7, 11) is 0. The number of carbonyl (C=O) groups is 2. The van der Waals surface area contributed by atoms with Crippen LogP contribution in [-0.2, 0) is 9.59 Å². The molecule has 5 nitrogen and oxygen atoms in total. The topological polar surface area (TPSA) is 69.6 Å². The summed E-state index contributed by atoms with van der Waals surface area (Å²) < 4.78 is 13.3. The van der Waals surface area contributed by atoms with Crippen molar-refractivity contribution in [1.29, 1.82) is 0 Å². The number of fused-ring (bicyclic) bond motifs is 2. The fourth-order valence-corrected chi connectivity index (χ4v) is 3.63. The van der Waals surface area contributed by atoms with Crippen molar-refractivity contribution < 1.29 is 19.1 Å². The molecule has 7 heteroatoms. The molecule has 0 aliphatic carbocycles. The Labute approximate surface area is 132 Å². The van der Waals surface area contributed by atoms with Crippen LogP contribution in [0.5, 0.6) is 0 Å². The van der Waals surface area contributed by atoms with Crippen molar-refractivity contribution in [2.45, 2.75) is 43.9 Å². The summed E-state index contributed by atoms with van der Waals surface area (Å²) >= 11 is 5.72. The summed E-state index contributed by atoms with van der Waals surface area (Å²) in [5.74, 6) is -2.04. The van der Waals surface area contributed by atoms with Crippen LogP contribution in [0, 0.1) is 5.82 Å². The van der Waals surface area contributed by atoms with Crippen molar-refractivity contribution in [1.82, 2.24) is 4.90 Å². The standard InChI is InChI=1S/C15H16ClFN2O3/c16-8-3-9(17)5-10(4-8)18-14(21)15(22)19-11-1-2-12(19)7-13(20)6-11/h3-5,11-13,20H,1-2,6-7H2,(H,18,21). The zero-order valence-electron chi connectivity index (χ0n) is 11.8. The minimum absolute atomic E-state index is 0.0944. The molecule has 22 heavy (non-hydrogen) atoms. The first kappa shape index (κ1) is 15.2. The van der Waals surface area contributed by atoms with Crippen LogP contribution in [0.3, 0.4) is 0 Å². The van der Waals surface area contributed by atoms with Gasteiger partial charge in [0.25, 0.3) is 0 Å². The Morgan fingerprint density at radius 3 is 2.45 bits per heavy atom. The highest BCUT2D eigenvalue weighted by molar-refractivity contribution is 6.40. The fraction of sp³-hybridized carbons (Fsp3) is 0.467. The van der Waals surface area contributed by atoms with Gasteiger partial charge in [0.05, 0.1) is 6.10 Å². The molecule has 0 saturated carbocycles. The first-order valence-electron chi connectivity index (χ1n) is 7.22. The van der Waals surface area contributed by atoms with Gasteiger partial charge in [0, 0.05) is 22.8 Å². The zero-order valence-corrected chi connectivity index (χ0v) is 12.5. The Morgan fingerprint density at radius 2 is 1.86 bits per heavy atom. The number of hydrogen-bond donors (Lipinski definition) is 2. The van der Waals surface area contributed by atoms with Crippen LogP contribution >= 0.6 is 11.6 Å². The lowest BCUT2D eigenvalue weighted by Crippen LogP contribution is -2.51. The minimum Gasteiger partial charge on any atom is -0.393 e. The smallest absolute Gasteiger partial charge is 0.313 e. The highest BCUT2D eigenvalue weighted by Gasteiger charge is 2.44. The molecule has 2 saturated heterocycles. The molecule has 3 rings (SSSR count). The van der Waals surface area contributed by atoms with E-state index in [-0.39, 0.29) is 22.8 Å². The minimum atomic E-state index is -0.810. The van der Waals surface area contributed by atoms with E-state index in [1.165, 1.54) is 6.07 Å². The van der Waals surface area contributed by atoms with Crippen molar-refractivity contribution in [2.24, 2.45) is 0 Å². The van der Waals surface area contributed by atoms with Gasteiger partial charge < -0.3 is 15.3 Å². The third-order valence-electron chi connectivity index (χ3n) is 4.26. The molecule has 2 aliphatic heterocycles. The number of anilines is 1. The summed E-state index contributed by atoms with van der Waals surface area (Å²) in [4.78, 5) is 26.0. The molecular weight excluding hydrogens is 311 g/mol. The number of nitrogens with one attached hydrogen (secondary N) is 1. The van der Waals surface area contributed by atoms with E-state index in [1.807, 2.05) is 0 Å². The van der Waals surface area contributed by atoms with Gasteiger partial charge in [0.1, 0.15) is 5.82 Å². The molecule has 2 heterocycles. The van der Waals surface area contributed by atoms with Crippen LogP contribution < -0.4 is 5.32 Å². The first-order valence-corrected chi connectivity index (χ1v) is 7.59. The van der Waals surface area contributed by atoms with E-state index in [9.17, 15) is 19.1 Å². The Kier molecular flexibility index (Phi) is 4.06. The summed E-state index contributed by atoms with van der Waals surface area (Å²) in [6.45, 7) is 0. The second-order valence-electron chi connectivity index (χ2n) is 5.83. The highest BCUT2D eigenvalue weighted by atomic mass is 35.5. The fourth-order valence-electron chi connectivity index (χ4n) is 3.41. The van der Waals surface area contributed by atoms with Crippen LogP contribution in [0.15, 0.2) is 18.2 Å². The normalized spacial score (nSPS) is 26.9. The lowest BCUT2D eigenvalue weighted by atomic mass is 10.00. The largest absolute Gasteiger partial charge is 0.393 e. The lowest BCUT2D eigenvalue weighted by Gasteiger charge is -2.36. The average Bonchev–Trinajstić information content (AvgIpc) is 2.68. The van der Waals surface area contributed by atoms with Crippen molar-refractivity contribution in [3.8, 4) is 0 Å². The molecule has 0 spiro atoms. The van der Waals surface area contributed by atoms with Gasteiger partial charge in [-0.1, -0.05) is 11.6 Å². The number of aliphatic hydroxyl groups excluding tert-OH is 1. The number of carbonyl (C=O) groups excluding carboxylic acids is 2. The van der Waals surface area contributed by atoms with Crippen molar-refractivity contribution >= 4 is 29.1 Å². The lowest BCUT2D eigenvalue weighted by molar-refractivity contribution is -0.147. The quantitative estimate of drug-likeness (QED) is 0.775.